The van der Waals surface area contributed by atoms with Gasteiger partial charge >= 0.3 is 0 Å². The maximum atomic E-state index is 5.50. The molecule has 8 bridgehead atoms. The van der Waals surface area contributed by atoms with Crippen molar-refractivity contribution < 1.29 is 0 Å². The SMILES string of the molecule is CCCCCCN(CCCCCC)c1ccc(N=Nc2ccc3c(c2)-c2nc-3nc3[nH]c(nc4nc(nc5[nH]c(n2)c2ccc(N=Nc6ccc(N(CCCCCC)CCCCCC)cc6)cc52)-c2ccc(N=Nc5ccc(N(CCCCCC)CCCCCC)cc5)cc2-4)c2ccc(N=Nc4ccc(N(CCCCCC)CCCCCC)cc4)cc32)cc1. The Morgan fingerprint density at radius 2 is 0.395 bits per heavy atom. The molecule has 11 aromatic rings. The number of H-pyrrole nitrogens is 2. The molecule has 20 nitrogen and oxygen atoms in total. The van der Waals surface area contributed by atoms with Crippen molar-refractivity contribution in [3.63, 3.8) is 0 Å². The molecular weight excluding hydrogens is 1530 g/mol. The second-order valence-corrected chi connectivity index (χ2v) is 33.8. The molecular formula is C104H134N20. The van der Waals surface area contributed by atoms with Crippen molar-refractivity contribution in [2.75, 3.05) is 72.0 Å². The number of aromatic nitrogens is 8. The highest BCUT2D eigenvalue weighted by molar-refractivity contribution is 6.08. The van der Waals surface area contributed by atoms with Crippen LogP contribution in [0.4, 0.5) is 68.2 Å². The van der Waals surface area contributed by atoms with Gasteiger partial charge in [0.25, 0.3) is 0 Å². The summed E-state index contributed by atoms with van der Waals surface area (Å²) in [4.78, 5) is 50.3. The summed E-state index contributed by atoms with van der Waals surface area (Å²) >= 11 is 0. The lowest BCUT2D eigenvalue weighted by molar-refractivity contribution is 0.609. The van der Waals surface area contributed by atoms with Gasteiger partial charge in [0.05, 0.1) is 45.5 Å². The summed E-state index contributed by atoms with van der Waals surface area (Å²) in [6.45, 7) is 26.5. The molecule has 0 saturated carbocycles. The summed E-state index contributed by atoms with van der Waals surface area (Å²) in [6, 6.07) is 58.2. The van der Waals surface area contributed by atoms with Crippen molar-refractivity contribution in [2.24, 2.45) is 40.9 Å². The van der Waals surface area contributed by atoms with E-state index in [1.54, 1.807) is 0 Å². The summed E-state index contributed by atoms with van der Waals surface area (Å²) in [7, 11) is 0. The highest BCUT2D eigenvalue weighted by Crippen LogP contribution is 2.42. The lowest BCUT2D eigenvalue weighted by atomic mass is 10.1. The smallest absolute Gasteiger partial charge is 0.164 e. The molecule has 0 amide bonds. The zero-order chi connectivity index (χ0) is 85.9. The highest BCUT2D eigenvalue weighted by Gasteiger charge is 2.25. The van der Waals surface area contributed by atoms with Crippen LogP contribution in [0.25, 0.3) is 89.7 Å². The Morgan fingerprint density at radius 3 is 0.637 bits per heavy atom. The molecule has 0 fully saturated rings. The highest BCUT2D eigenvalue weighted by atomic mass is 15.2. The Bertz CT molecular complexity index is 5070. The number of unbranched alkanes of at least 4 members (excludes halogenated alkanes) is 24. The van der Waals surface area contributed by atoms with Crippen LogP contribution in [-0.2, 0) is 0 Å². The molecule has 8 aromatic carbocycles. The Labute approximate surface area is 737 Å². The minimum absolute atomic E-state index is 0.425. The van der Waals surface area contributed by atoms with Crippen molar-refractivity contribution in [2.45, 2.75) is 261 Å². The lowest BCUT2D eigenvalue weighted by Crippen LogP contribution is -2.25. The van der Waals surface area contributed by atoms with Crippen LogP contribution in [0.15, 0.2) is 211 Å². The number of nitrogens with one attached hydrogen (secondary N) is 2. The normalized spacial score (nSPS) is 12.1. The molecule has 13 rings (SSSR count). The summed E-state index contributed by atoms with van der Waals surface area (Å²) < 4.78 is 0. The molecule has 0 radical (unpaired) electrons. The van der Waals surface area contributed by atoms with E-state index >= 15 is 0 Å². The Morgan fingerprint density at radius 1 is 0.194 bits per heavy atom. The van der Waals surface area contributed by atoms with E-state index in [2.05, 4.69) is 182 Å². The van der Waals surface area contributed by atoms with Gasteiger partial charge in [-0.1, -0.05) is 209 Å². The van der Waals surface area contributed by atoms with Gasteiger partial charge in [0.2, 0.25) is 0 Å². The molecule has 0 aliphatic carbocycles. The summed E-state index contributed by atoms with van der Waals surface area (Å²) in [6.07, 6.45) is 39.2. The number of hydrogen-bond donors (Lipinski definition) is 2. The molecule has 124 heavy (non-hydrogen) atoms. The van der Waals surface area contributed by atoms with Crippen molar-refractivity contribution in [3.8, 4) is 45.6 Å². The Hall–Kier alpha value is -11.3. The van der Waals surface area contributed by atoms with E-state index in [0.29, 0.717) is 68.6 Å². The van der Waals surface area contributed by atoms with Crippen LogP contribution in [0, 0.1) is 0 Å². The van der Waals surface area contributed by atoms with Gasteiger partial charge in [-0.05, 0) is 221 Å². The zero-order valence-electron chi connectivity index (χ0n) is 75.5. The van der Waals surface area contributed by atoms with Crippen LogP contribution >= 0.6 is 0 Å². The molecule has 0 atom stereocenters. The quantitative estimate of drug-likeness (QED) is 0.0271. The first kappa shape index (κ1) is 90.4. The minimum Gasteiger partial charge on any atom is -0.372 e. The molecule has 650 valence electrons. The minimum atomic E-state index is 0.425. The fourth-order valence-electron chi connectivity index (χ4n) is 16.7. The van der Waals surface area contributed by atoms with Crippen molar-refractivity contribution in [1.82, 2.24) is 39.9 Å². The monoisotopic (exact) mass is 1660 g/mol. The molecule has 2 N–H and O–H groups in total. The van der Waals surface area contributed by atoms with Crippen molar-refractivity contribution >= 4 is 112 Å². The molecule has 20 heteroatoms. The number of benzene rings is 8. The van der Waals surface area contributed by atoms with E-state index in [1.165, 1.54) is 228 Å². The average Bonchev–Trinajstić information content (AvgIpc) is 1.60. The fraction of sp³-hybridized carbons (Fsp3) is 0.462. The Balaban J connectivity index is 0.922. The first-order valence-corrected chi connectivity index (χ1v) is 47.6. The van der Waals surface area contributed by atoms with Gasteiger partial charge in [-0.25, -0.2) is 29.9 Å². The van der Waals surface area contributed by atoms with Crippen LogP contribution in [0.2, 0.25) is 0 Å². The van der Waals surface area contributed by atoms with Crippen LogP contribution < -0.4 is 19.6 Å². The van der Waals surface area contributed by atoms with Crippen LogP contribution in [-0.4, -0.2) is 92.2 Å². The van der Waals surface area contributed by atoms with E-state index < -0.39 is 0 Å². The third-order valence-electron chi connectivity index (χ3n) is 24.0. The van der Waals surface area contributed by atoms with E-state index in [1.807, 2.05) is 72.8 Å². The lowest BCUT2D eigenvalue weighted by Gasteiger charge is -2.25. The molecule has 5 heterocycles. The van der Waals surface area contributed by atoms with Gasteiger partial charge < -0.3 is 29.6 Å². The zero-order valence-corrected chi connectivity index (χ0v) is 75.5. The van der Waals surface area contributed by atoms with Gasteiger partial charge in [-0.3, -0.25) is 0 Å². The summed E-state index contributed by atoms with van der Waals surface area (Å²) in [5, 5.41) is 42.2. The standard InChI is InChI=1S/C104H134N20/c1-9-17-25-33-65-121(66-34-26-18-10-2)85-53-41-77(42-54-85)113-117-81-49-61-89-93(73-81)101-105-97(89)110-102-95-75-83(119-115-79-45-57-87(58-46-79)123(69-37-29-21-13-5)70-38-30-22-14-6)51-63-91(95)99(107-102)112-104-96-76-84(120-116-80-47-59-88(60-48-80)124(71-39-31-23-15-7)72-40-32-24-16-8)52-64-92(96)100(108-104)111-103-94-74-82(50-62-90(94)98(106-103)109-101)118-114-78-43-55-86(56-44-78)122(67-35-27-19-11-3)68-36-28-20-12-4/h41-64,73-76H,9-40,65-72H2,1-8H3,(H2,105,106,107,108,109,110,111,112). The van der Waals surface area contributed by atoms with Gasteiger partial charge in [-0.2, -0.15) is 40.9 Å². The van der Waals surface area contributed by atoms with Gasteiger partial charge in [0, 0.05) is 119 Å². The van der Waals surface area contributed by atoms with Crippen molar-refractivity contribution in [1.29, 1.82) is 0 Å². The first-order chi connectivity index (χ1) is 61.1. The third-order valence-corrected chi connectivity index (χ3v) is 24.0. The number of nitrogens with zero attached hydrogens (tertiary/aromatic N) is 18. The van der Waals surface area contributed by atoms with Crippen molar-refractivity contribution in [3.05, 3.63) is 170 Å². The predicted molar refractivity (Wildman–Crippen MR) is 521 cm³/mol. The number of anilines is 4. The topological polar surface area (TPSA) is 221 Å². The van der Waals surface area contributed by atoms with E-state index in [0.717, 1.165) is 119 Å². The van der Waals surface area contributed by atoms with Gasteiger partial charge in [0.15, 0.2) is 23.3 Å². The number of azo groups is 4. The molecule has 2 aliphatic heterocycles. The molecule has 3 aromatic heterocycles. The maximum absolute atomic E-state index is 5.50. The third kappa shape index (κ3) is 25.5. The predicted octanol–water partition coefficient (Wildman–Crippen LogP) is 32.4. The van der Waals surface area contributed by atoms with Gasteiger partial charge in [-0.15, -0.1) is 0 Å². The van der Waals surface area contributed by atoms with E-state index in [4.69, 9.17) is 70.8 Å². The molecule has 0 spiro atoms. The maximum Gasteiger partial charge on any atom is 0.164 e. The van der Waals surface area contributed by atoms with Crippen LogP contribution in [0.1, 0.15) is 261 Å². The molecule has 0 unspecified atom stereocenters. The number of hydrogen-bond acceptors (Lipinski definition) is 18. The number of fused-ring (bicyclic) bond motifs is 20. The Kier molecular flexibility index (Phi) is 35.1. The number of aromatic amines is 2. The molecule has 0 saturated heterocycles. The first-order valence-electron chi connectivity index (χ1n) is 47.6. The van der Waals surface area contributed by atoms with Crippen LogP contribution in [0.3, 0.4) is 0 Å². The summed E-state index contributed by atoms with van der Waals surface area (Å²) in [5.74, 6) is 1.73. The second kappa shape index (κ2) is 48.1. The largest absolute Gasteiger partial charge is 0.372 e. The fourth-order valence-corrected chi connectivity index (χ4v) is 16.7. The molecule has 2 aliphatic rings. The van der Waals surface area contributed by atoms with E-state index in [9.17, 15) is 0 Å². The summed E-state index contributed by atoms with van der Waals surface area (Å²) in [5.41, 5.74) is 15.5. The number of rotatable bonds is 52. The second-order valence-electron chi connectivity index (χ2n) is 33.8. The van der Waals surface area contributed by atoms with Crippen LogP contribution in [0.5, 0.6) is 0 Å². The van der Waals surface area contributed by atoms with E-state index in [-0.39, 0.29) is 0 Å². The average molecular weight is 1660 g/mol. The van der Waals surface area contributed by atoms with Gasteiger partial charge in [0.1, 0.15) is 22.6 Å².